The lowest BCUT2D eigenvalue weighted by Gasteiger charge is -2.08. The monoisotopic (exact) mass is 492 g/mol. The predicted molar refractivity (Wildman–Crippen MR) is 112 cm³/mol. The lowest BCUT2D eigenvalue weighted by Crippen LogP contribution is -2.19. The van der Waals surface area contributed by atoms with Crippen molar-refractivity contribution in [3.63, 3.8) is 0 Å². The summed E-state index contributed by atoms with van der Waals surface area (Å²) in [7, 11) is -8.79. The Morgan fingerprint density at radius 1 is 1.16 bits per heavy atom. The first-order chi connectivity index (χ1) is 11.8. The van der Waals surface area contributed by atoms with Gasteiger partial charge in [0, 0.05) is 4.43 Å². The van der Waals surface area contributed by atoms with E-state index in [1.54, 1.807) is 24.3 Å². The first-order valence-corrected chi connectivity index (χ1v) is 12.7. The van der Waals surface area contributed by atoms with Crippen LogP contribution in [0, 0.1) is 0 Å². The van der Waals surface area contributed by atoms with Crippen LogP contribution in [0.2, 0.25) is 0 Å². The Morgan fingerprint density at radius 2 is 1.84 bits per heavy atom. The van der Waals surface area contributed by atoms with Crippen molar-refractivity contribution in [3.05, 3.63) is 78.4 Å². The summed E-state index contributed by atoms with van der Waals surface area (Å²) in [6, 6.07) is 6.16. The van der Waals surface area contributed by atoms with Crippen molar-refractivity contribution in [2.75, 3.05) is 5.75 Å². The third-order valence-corrected chi connectivity index (χ3v) is 9.30. The quantitative estimate of drug-likeness (QED) is 0.169. The highest BCUT2D eigenvalue weighted by atomic mass is 127. The van der Waals surface area contributed by atoms with E-state index in [1.807, 2.05) is 41.7 Å². The first-order valence-electron chi connectivity index (χ1n) is 7.51. The number of rotatable bonds is 9. The van der Waals surface area contributed by atoms with Crippen LogP contribution in [0.25, 0.3) is 0 Å². The van der Waals surface area contributed by atoms with E-state index in [2.05, 4.69) is 6.58 Å². The summed E-state index contributed by atoms with van der Waals surface area (Å²) < 4.78 is 50.0. The molecule has 0 N–H and O–H groups in total. The molecule has 4 nitrogen and oxygen atoms in total. The van der Waals surface area contributed by atoms with E-state index in [-0.39, 0.29) is 4.90 Å². The molecule has 0 heterocycles. The molecule has 7 heteroatoms. The maximum absolute atomic E-state index is 12.5. The molecule has 0 saturated heterocycles. The van der Waals surface area contributed by atoms with E-state index in [4.69, 9.17) is 0 Å². The zero-order valence-electron chi connectivity index (χ0n) is 13.9. The Labute approximate surface area is 163 Å². The highest BCUT2D eigenvalue weighted by molar-refractivity contribution is 14.1. The molecule has 0 amide bonds. The minimum atomic E-state index is -4.44. The van der Waals surface area contributed by atoms with Gasteiger partial charge in [-0.2, -0.15) is 0 Å². The van der Waals surface area contributed by atoms with Gasteiger partial charge in [-0.25, -0.2) is 16.8 Å². The summed E-state index contributed by atoms with van der Waals surface area (Å²) in [5.74, 6) is -0.574. The van der Waals surface area contributed by atoms with E-state index in [0.717, 1.165) is 5.57 Å². The van der Waals surface area contributed by atoms with Gasteiger partial charge < -0.3 is 0 Å². The molecule has 1 rings (SSSR count). The van der Waals surface area contributed by atoms with Crippen LogP contribution in [0.3, 0.4) is 0 Å². The van der Waals surface area contributed by atoms with Crippen molar-refractivity contribution >= 4 is 40.3 Å². The van der Waals surface area contributed by atoms with Crippen LogP contribution in [0.5, 0.6) is 0 Å². The molecule has 1 aromatic carbocycles. The van der Waals surface area contributed by atoms with Crippen LogP contribution >= 0.6 is 22.6 Å². The molecule has 0 aliphatic rings. The smallest absolute Gasteiger partial charge is 0.212 e. The second-order valence-electron chi connectivity index (χ2n) is 5.07. The Kier molecular flexibility index (Phi) is 8.81. The fourth-order valence-electron chi connectivity index (χ4n) is 1.92. The number of alkyl halides is 1. The van der Waals surface area contributed by atoms with Crippen LogP contribution in [-0.4, -0.2) is 22.6 Å². The van der Waals surface area contributed by atoms with Gasteiger partial charge in [0.1, 0.15) is 0 Å². The van der Waals surface area contributed by atoms with E-state index in [9.17, 15) is 16.8 Å². The van der Waals surface area contributed by atoms with E-state index < -0.39 is 23.5 Å². The molecule has 0 radical (unpaired) electrons. The second-order valence-corrected chi connectivity index (χ2v) is 11.5. The molecule has 0 bridgehead atoms. The molecule has 0 aromatic heterocycles. The average molecular weight is 492 g/mol. The highest BCUT2D eigenvalue weighted by Gasteiger charge is 2.32. The summed E-state index contributed by atoms with van der Waals surface area (Å²) in [6.07, 6.45) is 10.8. The van der Waals surface area contributed by atoms with Gasteiger partial charge in [0.2, 0.25) is 0 Å². The van der Waals surface area contributed by atoms with Gasteiger partial charge in [0.15, 0.2) is 0 Å². The number of hydrogen-bond acceptors (Lipinski definition) is 4. The molecular formula is C18H21IO4S2. The van der Waals surface area contributed by atoms with E-state index >= 15 is 0 Å². The predicted octanol–water partition coefficient (Wildman–Crippen LogP) is 4.36. The first kappa shape index (κ1) is 21.9. The number of hydrogen-bond donors (Lipinski definition) is 0. The summed E-state index contributed by atoms with van der Waals surface area (Å²) in [6.45, 7) is 5.59. The molecule has 0 saturated carbocycles. The largest absolute Gasteiger partial charge is 0.282 e. The molecule has 0 fully saturated rings. The van der Waals surface area contributed by atoms with Crippen LogP contribution < -0.4 is 0 Å². The molecule has 25 heavy (non-hydrogen) atoms. The Balaban J connectivity index is 3.03. The summed E-state index contributed by atoms with van der Waals surface area (Å²) in [4.78, 5) is -0.145. The van der Waals surface area contributed by atoms with Gasteiger partial charge in [-0.15, -0.1) is 0 Å². The fourth-order valence-corrected chi connectivity index (χ4v) is 6.43. The average Bonchev–Trinajstić information content (AvgIpc) is 2.60. The topological polar surface area (TPSA) is 68.3 Å². The molecule has 0 spiro atoms. The molecule has 0 unspecified atom stereocenters. The molecule has 0 aliphatic carbocycles. The van der Waals surface area contributed by atoms with Crippen molar-refractivity contribution in [2.45, 2.75) is 22.7 Å². The van der Waals surface area contributed by atoms with Crippen LogP contribution in [0.4, 0.5) is 0 Å². The van der Waals surface area contributed by atoms with Gasteiger partial charge in [0.05, 0.1) is 10.6 Å². The minimum Gasteiger partial charge on any atom is -0.212 e. The van der Waals surface area contributed by atoms with Crippen molar-refractivity contribution in [3.8, 4) is 0 Å². The standard InChI is InChI=1S/C18H21IO4S2/c1-3-5-10-16(4-2)11-8-9-14-24(20,21)25(22,23)18-13-7-6-12-17(18)15-19/h3-9,11-13H,2,10,14-15H2,1H3/b5-3-,9-8-,16-11-. The van der Waals surface area contributed by atoms with Gasteiger partial charge in [-0.3, -0.25) is 0 Å². The maximum atomic E-state index is 12.5. The SMILES string of the molecule is C=C/C(=C/C=C\CS(=O)(=O)S(=O)(=O)c1ccccc1CI)C/C=C\C. The summed E-state index contributed by atoms with van der Waals surface area (Å²) in [5.41, 5.74) is 1.39. The molecule has 0 atom stereocenters. The number of allylic oxidation sites excluding steroid dienone is 6. The molecular weight excluding hydrogens is 471 g/mol. The summed E-state index contributed by atoms with van der Waals surface area (Å²) in [5, 5.41) is 0. The minimum absolute atomic E-state index is 0.145. The lowest BCUT2D eigenvalue weighted by atomic mass is 10.1. The van der Waals surface area contributed by atoms with Crippen molar-refractivity contribution < 1.29 is 16.8 Å². The van der Waals surface area contributed by atoms with Crippen molar-refractivity contribution in [1.29, 1.82) is 0 Å². The van der Waals surface area contributed by atoms with Gasteiger partial charge in [0.25, 0.3) is 17.7 Å². The lowest BCUT2D eigenvalue weighted by molar-refractivity contribution is 0.584. The molecule has 0 aliphatic heterocycles. The third-order valence-electron chi connectivity index (χ3n) is 3.32. The zero-order chi connectivity index (χ0) is 18.9. The van der Waals surface area contributed by atoms with Gasteiger partial charge in [-0.05, 0) is 30.5 Å². The van der Waals surface area contributed by atoms with Crippen molar-refractivity contribution in [1.82, 2.24) is 0 Å². The number of benzene rings is 1. The molecule has 1 aromatic rings. The Hall–Kier alpha value is -1.19. The maximum Gasteiger partial charge on any atom is 0.282 e. The number of halogens is 1. The van der Waals surface area contributed by atoms with Crippen LogP contribution in [0.1, 0.15) is 18.9 Å². The van der Waals surface area contributed by atoms with Crippen molar-refractivity contribution in [2.24, 2.45) is 0 Å². The second kappa shape index (κ2) is 10.1. The van der Waals surface area contributed by atoms with Crippen LogP contribution in [-0.2, 0) is 22.2 Å². The highest BCUT2D eigenvalue weighted by Crippen LogP contribution is 2.24. The van der Waals surface area contributed by atoms with Gasteiger partial charge >= 0.3 is 0 Å². The van der Waals surface area contributed by atoms with E-state index in [0.29, 0.717) is 16.4 Å². The Bertz CT molecular complexity index is 893. The van der Waals surface area contributed by atoms with Gasteiger partial charge in [-0.1, -0.05) is 83.8 Å². The normalized spacial score (nSPS) is 13.6. The molecule has 136 valence electrons. The zero-order valence-corrected chi connectivity index (χ0v) is 17.7. The Morgan fingerprint density at radius 3 is 2.44 bits per heavy atom. The summed E-state index contributed by atoms with van der Waals surface area (Å²) >= 11 is 2.01. The van der Waals surface area contributed by atoms with E-state index in [1.165, 1.54) is 24.3 Å². The van der Waals surface area contributed by atoms with Crippen LogP contribution in [0.15, 0.2) is 77.8 Å². The fraction of sp³-hybridized carbons (Fsp3) is 0.222. The third kappa shape index (κ3) is 5.93.